The van der Waals surface area contributed by atoms with Gasteiger partial charge in [-0.15, -0.1) is 0 Å². The Labute approximate surface area is 93.2 Å². The zero-order valence-corrected chi connectivity index (χ0v) is 10.2. The summed E-state index contributed by atoms with van der Waals surface area (Å²) in [5.74, 6) is 0. The molecule has 0 radical (unpaired) electrons. The highest BCUT2D eigenvalue weighted by atomic mass is 16.3. The van der Waals surface area contributed by atoms with E-state index < -0.39 is 0 Å². The molecule has 4 nitrogen and oxygen atoms in total. The summed E-state index contributed by atoms with van der Waals surface area (Å²) in [5.41, 5.74) is 0. The highest BCUT2D eigenvalue weighted by Gasteiger charge is 2.22. The molecule has 2 unspecified atom stereocenters. The molecule has 2 atom stereocenters. The van der Waals surface area contributed by atoms with Crippen molar-refractivity contribution in [3.8, 4) is 0 Å². The fraction of sp³-hybridized carbons (Fsp3) is 1.00. The van der Waals surface area contributed by atoms with Crippen LogP contribution in [0.4, 0.5) is 0 Å². The summed E-state index contributed by atoms with van der Waals surface area (Å²) in [5, 5.41) is 12.2. The van der Waals surface area contributed by atoms with Crippen molar-refractivity contribution in [1.29, 1.82) is 0 Å². The molecule has 2 N–H and O–H groups in total. The summed E-state index contributed by atoms with van der Waals surface area (Å²) in [6.45, 7) is 3.46. The van der Waals surface area contributed by atoms with Gasteiger partial charge in [0.05, 0.1) is 6.61 Å². The first-order valence-corrected chi connectivity index (χ1v) is 5.84. The van der Waals surface area contributed by atoms with Crippen molar-refractivity contribution in [2.75, 3.05) is 47.4 Å². The Kier molecular flexibility index (Phi) is 5.53. The molecule has 0 saturated carbocycles. The second kappa shape index (κ2) is 6.43. The Bertz CT molecular complexity index is 173. The number of aliphatic hydroxyl groups excluding tert-OH is 1. The van der Waals surface area contributed by atoms with Gasteiger partial charge in [-0.05, 0) is 40.5 Å². The molecule has 1 aliphatic heterocycles. The molecule has 0 aliphatic carbocycles. The van der Waals surface area contributed by atoms with Gasteiger partial charge >= 0.3 is 0 Å². The number of likely N-dealkylation sites (tertiary alicyclic amines) is 1. The monoisotopic (exact) mass is 215 g/mol. The van der Waals surface area contributed by atoms with E-state index in [4.69, 9.17) is 5.11 Å². The van der Waals surface area contributed by atoms with E-state index >= 15 is 0 Å². The van der Waals surface area contributed by atoms with E-state index in [0.717, 1.165) is 13.1 Å². The van der Waals surface area contributed by atoms with Crippen LogP contribution in [0.15, 0.2) is 0 Å². The van der Waals surface area contributed by atoms with Gasteiger partial charge in [0.1, 0.15) is 0 Å². The first-order valence-electron chi connectivity index (χ1n) is 5.84. The van der Waals surface area contributed by atoms with Crippen molar-refractivity contribution < 1.29 is 5.11 Å². The highest BCUT2D eigenvalue weighted by Crippen LogP contribution is 2.15. The second-order valence-electron chi connectivity index (χ2n) is 4.67. The van der Waals surface area contributed by atoms with Gasteiger partial charge in [-0.25, -0.2) is 0 Å². The van der Waals surface area contributed by atoms with E-state index in [0.29, 0.717) is 6.04 Å². The van der Waals surface area contributed by atoms with E-state index in [-0.39, 0.29) is 12.6 Å². The fourth-order valence-corrected chi connectivity index (χ4v) is 2.26. The summed E-state index contributed by atoms with van der Waals surface area (Å²) < 4.78 is 0. The Hall–Kier alpha value is -0.160. The normalized spacial score (nSPS) is 25.0. The van der Waals surface area contributed by atoms with Crippen molar-refractivity contribution in [2.45, 2.75) is 24.9 Å². The molecule has 1 saturated heterocycles. The molecule has 1 heterocycles. The first kappa shape index (κ1) is 12.9. The Morgan fingerprint density at radius 2 is 2.33 bits per heavy atom. The average molecular weight is 215 g/mol. The molecule has 1 aliphatic rings. The molecular formula is C11H25N3O. The maximum atomic E-state index is 9.09. The van der Waals surface area contributed by atoms with Crippen LogP contribution < -0.4 is 5.32 Å². The lowest BCUT2D eigenvalue weighted by Gasteiger charge is -2.28. The van der Waals surface area contributed by atoms with Gasteiger partial charge < -0.3 is 20.2 Å². The molecule has 0 aromatic heterocycles. The third-order valence-electron chi connectivity index (χ3n) is 3.35. The molecule has 15 heavy (non-hydrogen) atoms. The third-order valence-corrected chi connectivity index (χ3v) is 3.35. The van der Waals surface area contributed by atoms with Gasteiger partial charge in [-0.2, -0.15) is 0 Å². The van der Waals surface area contributed by atoms with Crippen molar-refractivity contribution in [1.82, 2.24) is 15.1 Å². The predicted molar refractivity (Wildman–Crippen MR) is 63.1 cm³/mol. The van der Waals surface area contributed by atoms with Crippen molar-refractivity contribution >= 4 is 0 Å². The van der Waals surface area contributed by atoms with Gasteiger partial charge in [0.15, 0.2) is 0 Å². The number of nitrogens with zero attached hydrogens (tertiary/aromatic N) is 2. The summed E-state index contributed by atoms with van der Waals surface area (Å²) in [7, 11) is 6.23. The van der Waals surface area contributed by atoms with E-state index in [9.17, 15) is 0 Å². The van der Waals surface area contributed by atoms with Crippen LogP contribution in [0.2, 0.25) is 0 Å². The lowest BCUT2D eigenvalue weighted by atomic mass is 10.2. The van der Waals surface area contributed by atoms with Gasteiger partial charge in [0.25, 0.3) is 0 Å². The van der Waals surface area contributed by atoms with Gasteiger partial charge in [0.2, 0.25) is 0 Å². The minimum absolute atomic E-state index is 0.196. The third kappa shape index (κ3) is 4.07. The molecule has 1 rings (SSSR count). The summed E-state index contributed by atoms with van der Waals surface area (Å²) in [6, 6.07) is 0.896. The van der Waals surface area contributed by atoms with E-state index in [1.165, 1.54) is 19.4 Å². The quantitative estimate of drug-likeness (QED) is 0.632. The van der Waals surface area contributed by atoms with Crippen LogP contribution in [-0.2, 0) is 0 Å². The molecular weight excluding hydrogens is 190 g/mol. The number of aliphatic hydroxyl groups is 1. The number of hydrogen-bond donors (Lipinski definition) is 2. The fourth-order valence-electron chi connectivity index (χ4n) is 2.26. The predicted octanol–water partition coefficient (Wildman–Crippen LogP) is -0.407. The number of hydrogen-bond acceptors (Lipinski definition) is 4. The van der Waals surface area contributed by atoms with Crippen molar-refractivity contribution in [2.24, 2.45) is 0 Å². The highest BCUT2D eigenvalue weighted by molar-refractivity contribution is 4.80. The van der Waals surface area contributed by atoms with Gasteiger partial charge in [-0.3, -0.25) is 0 Å². The maximum Gasteiger partial charge on any atom is 0.0597 e. The van der Waals surface area contributed by atoms with Crippen LogP contribution in [0, 0.1) is 0 Å². The standard InChI is InChI=1S/C11H25N3O/c1-12-10(9-15)7-13(2)8-11-5-4-6-14(11)3/h10-12,15H,4-9H2,1-3H3. The molecule has 0 aromatic rings. The van der Waals surface area contributed by atoms with Gasteiger partial charge in [-0.1, -0.05) is 0 Å². The van der Waals surface area contributed by atoms with Crippen LogP contribution in [0.5, 0.6) is 0 Å². The summed E-state index contributed by atoms with van der Waals surface area (Å²) in [4.78, 5) is 4.74. The molecule has 1 fully saturated rings. The van der Waals surface area contributed by atoms with Crippen molar-refractivity contribution in [3.05, 3.63) is 0 Å². The number of likely N-dealkylation sites (N-methyl/N-ethyl adjacent to an activating group) is 3. The van der Waals surface area contributed by atoms with Gasteiger partial charge in [0, 0.05) is 25.2 Å². The van der Waals surface area contributed by atoms with Crippen LogP contribution in [-0.4, -0.2) is 74.4 Å². The Morgan fingerprint density at radius 3 is 2.80 bits per heavy atom. The minimum atomic E-state index is 0.196. The molecule has 0 aromatic carbocycles. The Balaban J connectivity index is 2.25. The molecule has 0 spiro atoms. The van der Waals surface area contributed by atoms with Crippen LogP contribution in [0.1, 0.15) is 12.8 Å². The smallest absolute Gasteiger partial charge is 0.0597 e. The summed E-state index contributed by atoms with van der Waals surface area (Å²) >= 11 is 0. The van der Waals surface area contributed by atoms with Crippen LogP contribution in [0.3, 0.4) is 0 Å². The largest absolute Gasteiger partial charge is 0.395 e. The number of rotatable bonds is 6. The summed E-state index contributed by atoms with van der Waals surface area (Å²) in [6.07, 6.45) is 2.63. The Morgan fingerprint density at radius 1 is 1.60 bits per heavy atom. The van der Waals surface area contributed by atoms with E-state index in [1.807, 2.05) is 7.05 Å². The zero-order chi connectivity index (χ0) is 11.3. The molecule has 4 heteroatoms. The zero-order valence-electron chi connectivity index (χ0n) is 10.2. The lowest BCUT2D eigenvalue weighted by Crippen LogP contribution is -2.44. The van der Waals surface area contributed by atoms with E-state index in [1.54, 1.807) is 0 Å². The minimum Gasteiger partial charge on any atom is -0.395 e. The number of nitrogens with one attached hydrogen (secondary N) is 1. The SMILES string of the molecule is CNC(CO)CN(C)CC1CCCN1C. The topological polar surface area (TPSA) is 38.7 Å². The first-order chi connectivity index (χ1) is 7.17. The van der Waals surface area contributed by atoms with Crippen molar-refractivity contribution in [3.63, 3.8) is 0 Å². The maximum absolute atomic E-state index is 9.09. The van der Waals surface area contributed by atoms with Crippen LogP contribution >= 0.6 is 0 Å². The van der Waals surface area contributed by atoms with E-state index in [2.05, 4.69) is 29.2 Å². The molecule has 0 amide bonds. The molecule has 0 bridgehead atoms. The van der Waals surface area contributed by atoms with Crippen LogP contribution in [0.25, 0.3) is 0 Å². The molecule has 90 valence electrons. The lowest BCUT2D eigenvalue weighted by molar-refractivity contribution is 0.175. The average Bonchev–Trinajstić information content (AvgIpc) is 2.61. The second-order valence-corrected chi connectivity index (χ2v) is 4.67.